The Hall–Kier alpha value is -1.05. The third-order valence-corrected chi connectivity index (χ3v) is 2.86. The number of carbonyl (C=O) groups is 1. The molecule has 1 fully saturated rings. The Bertz CT molecular complexity index is 303. The monoisotopic (exact) mass is 207 g/mol. The minimum absolute atomic E-state index is 0.0729. The summed E-state index contributed by atoms with van der Waals surface area (Å²) < 4.78 is 0. The van der Waals surface area contributed by atoms with Crippen LogP contribution in [0.5, 0.6) is 0 Å². The van der Waals surface area contributed by atoms with E-state index in [2.05, 4.69) is 18.8 Å². The molecule has 0 aromatic heterocycles. The largest absolute Gasteiger partial charge is 0.329 e. The Morgan fingerprint density at radius 2 is 1.93 bits per heavy atom. The molecule has 2 nitrogen and oxygen atoms in total. The van der Waals surface area contributed by atoms with Crippen molar-refractivity contribution in [3.05, 3.63) is 24.4 Å². The molecule has 1 aliphatic carbocycles. The molecule has 0 aromatic rings. The molecule has 1 saturated carbocycles. The number of amides is 1. The average molecular weight is 207 g/mol. The summed E-state index contributed by atoms with van der Waals surface area (Å²) in [6, 6.07) is 0. The van der Waals surface area contributed by atoms with E-state index in [0.29, 0.717) is 0 Å². The van der Waals surface area contributed by atoms with Gasteiger partial charge in [-0.05, 0) is 18.9 Å². The van der Waals surface area contributed by atoms with Gasteiger partial charge in [0.15, 0.2) is 0 Å². The number of rotatable bonds is 3. The number of hydrogen-bond donors (Lipinski definition) is 1. The zero-order valence-corrected chi connectivity index (χ0v) is 10.2. The van der Waals surface area contributed by atoms with Crippen molar-refractivity contribution in [1.82, 2.24) is 5.32 Å². The topological polar surface area (TPSA) is 29.1 Å². The summed E-state index contributed by atoms with van der Waals surface area (Å²) in [6.45, 7) is 11.6. The van der Waals surface area contributed by atoms with E-state index < -0.39 is 0 Å². The van der Waals surface area contributed by atoms with Gasteiger partial charge in [0.2, 0.25) is 5.91 Å². The Labute approximate surface area is 92.4 Å². The van der Waals surface area contributed by atoms with Crippen LogP contribution in [-0.2, 0) is 4.79 Å². The molecule has 2 heteroatoms. The van der Waals surface area contributed by atoms with Crippen LogP contribution in [0.15, 0.2) is 24.4 Å². The van der Waals surface area contributed by atoms with Crippen molar-refractivity contribution in [1.29, 1.82) is 0 Å². The van der Waals surface area contributed by atoms with Crippen molar-refractivity contribution in [3.8, 4) is 0 Å². The van der Waals surface area contributed by atoms with Crippen molar-refractivity contribution < 1.29 is 4.79 Å². The van der Waals surface area contributed by atoms with Crippen molar-refractivity contribution in [2.75, 3.05) is 0 Å². The van der Waals surface area contributed by atoms with Gasteiger partial charge < -0.3 is 5.32 Å². The van der Waals surface area contributed by atoms with Gasteiger partial charge >= 0.3 is 0 Å². The molecule has 0 spiro atoms. The second kappa shape index (κ2) is 3.84. The molecule has 0 aliphatic heterocycles. The zero-order valence-electron chi connectivity index (χ0n) is 10.2. The fourth-order valence-electron chi connectivity index (χ4n) is 1.28. The van der Waals surface area contributed by atoms with E-state index in [9.17, 15) is 4.79 Å². The number of hydrogen-bond acceptors (Lipinski definition) is 1. The third-order valence-electron chi connectivity index (χ3n) is 2.86. The van der Waals surface area contributed by atoms with Crippen LogP contribution >= 0.6 is 0 Å². The lowest BCUT2D eigenvalue weighted by atomic mass is 9.94. The van der Waals surface area contributed by atoms with E-state index in [4.69, 9.17) is 0 Å². The van der Waals surface area contributed by atoms with Crippen molar-refractivity contribution in [3.63, 3.8) is 0 Å². The molecule has 0 unspecified atom stereocenters. The van der Waals surface area contributed by atoms with Gasteiger partial charge in [0.25, 0.3) is 0 Å². The molecule has 1 aliphatic rings. The van der Waals surface area contributed by atoms with Crippen LogP contribution in [0, 0.1) is 10.8 Å². The Balaban J connectivity index is 2.73. The number of nitrogens with one attached hydrogen (secondary N) is 1. The van der Waals surface area contributed by atoms with Gasteiger partial charge in [-0.2, -0.15) is 0 Å². The maximum absolute atomic E-state index is 11.8. The normalized spacial score (nSPS) is 19.6. The van der Waals surface area contributed by atoms with E-state index in [1.807, 2.05) is 26.8 Å². The molecule has 0 aromatic carbocycles. The van der Waals surface area contributed by atoms with Crippen LogP contribution < -0.4 is 5.32 Å². The predicted octanol–water partition coefficient (Wildman–Crippen LogP) is 3.02. The standard InChI is InChI=1S/C13H21NO/c1-6-7-10(13(5)8-9-13)14-11(15)12(2,3)4/h6-7H,1,8-9H2,2-5H3,(H,14,15)/b10-7+. The van der Waals surface area contributed by atoms with E-state index in [1.54, 1.807) is 6.08 Å². The average Bonchev–Trinajstić information content (AvgIpc) is 2.82. The van der Waals surface area contributed by atoms with Gasteiger partial charge in [-0.1, -0.05) is 40.3 Å². The van der Waals surface area contributed by atoms with Gasteiger partial charge in [-0.25, -0.2) is 0 Å². The molecule has 84 valence electrons. The highest BCUT2D eigenvalue weighted by Crippen LogP contribution is 2.50. The minimum Gasteiger partial charge on any atom is -0.329 e. The molecule has 0 saturated heterocycles. The highest BCUT2D eigenvalue weighted by atomic mass is 16.2. The summed E-state index contributed by atoms with van der Waals surface area (Å²) in [5, 5.41) is 3.01. The van der Waals surface area contributed by atoms with E-state index >= 15 is 0 Å². The quantitative estimate of drug-likeness (QED) is 0.708. The molecule has 0 atom stereocenters. The maximum atomic E-state index is 11.8. The second-order valence-electron chi connectivity index (χ2n) is 5.58. The summed E-state index contributed by atoms with van der Waals surface area (Å²) in [5.74, 6) is 0.0729. The first kappa shape index (κ1) is 12.0. The SMILES string of the molecule is C=C/C=C(/NC(=O)C(C)(C)C)C1(C)CC1. The van der Waals surface area contributed by atoms with E-state index in [0.717, 1.165) is 18.5 Å². The smallest absolute Gasteiger partial charge is 0.229 e. The highest BCUT2D eigenvalue weighted by Gasteiger charge is 2.42. The lowest BCUT2D eigenvalue weighted by Gasteiger charge is -2.22. The maximum Gasteiger partial charge on any atom is 0.229 e. The lowest BCUT2D eigenvalue weighted by Crippen LogP contribution is -2.36. The fraction of sp³-hybridized carbons (Fsp3) is 0.615. The van der Waals surface area contributed by atoms with Crippen LogP contribution in [0.2, 0.25) is 0 Å². The van der Waals surface area contributed by atoms with Gasteiger partial charge in [0.1, 0.15) is 0 Å². The number of allylic oxidation sites excluding steroid dienone is 3. The molecule has 0 heterocycles. The molecule has 1 amide bonds. The minimum atomic E-state index is -0.342. The first-order chi connectivity index (χ1) is 6.79. The predicted molar refractivity (Wildman–Crippen MR) is 63.2 cm³/mol. The van der Waals surface area contributed by atoms with Crippen LogP contribution in [0.1, 0.15) is 40.5 Å². The molecule has 0 radical (unpaired) electrons. The molecule has 15 heavy (non-hydrogen) atoms. The van der Waals surface area contributed by atoms with Crippen LogP contribution in [0.25, 0.3) is 0 Å². The first-order valence-electron chi connectivity index (χ1n) is 5.44. The highest BCUT2D eigenvalue weighted by molar-refractivity contribution is 5.83. The van der Waals surface area contributed by atoms with E-state index in [-0.39, 0.29) is 16.7 Å². The lowest BCUT2D eigenvalue weighted by molar-refractivity contribution is -0.127. The summed E-state index contributed by atoms with van der Waals surface area (Å²) in [6.07, 6.45) is 5.95. The summed E-state index contributed by atoms with van der Waals surface area (Å²) in [5.41, 5.74) is 0.845. The Morgan fingerprint density at radius 3 is 2.27 bits per heavy atom. The summed E-state index contributed by atoms with van der Waals surface area (Å²) in [7, 11) is 0. The molecule has 1 N–H and O–H groups in total. The van der Waals surface area contributed by atoms with Crippen molar-refractivity contribution in [2.45, 2.75) is 40.5 Å². The molecular formula is C13H21NO. The van der Waals surface area contributed by atoms with Gasteiger partial charge in [-0.15, -0.1) is 0 Å². The van der Waals surface area contributed by atoms with Gasteiger partial charge in [-0.3, -0.25) is 4.79 Å². The number of carbonyl (C=O) groups excluding carboxylic acids is 1. The van der Waals surface area contributed by atoms with Crippen molar-refractivity contribution >= 4 is 5.91 Å². The van der Waals surface area contributed by atoms with Crippen LogP contribution in [0.3, 0.4) is 0 Å². The van der Waals surface area contributed by atoms with E-state index in [1.165, 1.54) is 0 Å². The second-order valence-corrected chi connectivity index (χ2v) is 5.58. The van der Waals surface area contributed by atoms with Crippen LogP contribution in [0.4, 0.5) is 0 Å². The van der Waals surface area contributed by atoms with Gasteiger partial charge in [0.05, 0.1) is 0 Å². The summed E-state index contributed by atoms with van der Waals surface area (Å²) >= 11 is 0. The first-order valence-corrected chi connectivity index (χ1v) is 5.44. The van der Waals surface area contributed by atoms with Gasteiger partial charge in [0, 0.05) is 16.5 Å². The Morgan fingerprint density at radius 1 is 1.40 bits per heavy atom. The third kappa shape index (κ3) is 2.95. The summed E-state index contributed by atoms with van der Waals surface area (Å²) in [4.78, 5) is 11.8. The molecular weight excluding hydrogens is 186 g/mol. The Kier molecular flexibility index (Phi) is 3.08. The fourth-order valence-corrected chi connectivity index (χ4v) is 1.28. The van der Waals surface area contributed by atoms with Crippen molar-refractivity contribution in [2.24, 2.45) is 10.8 Å². The molecule has 1 rings (SSSR count). The molecule has 0 bridgehead atoms. The van der Waals surface area contributed by atoms with Crippen LogP contribution in [-0.4, -0.2) is 5.91 Å². The zero-order chi connectivity index (χ0) is 11.7.